The van der Waals surface area contributed by atoms with Crippen molar-refractivity contribution in [2.45, 2.75) is 19.9 Å². The number of anilines is 2. The molecule has 19 heavy (non-hydrogen) atoms. The first-order valence-corrected chi connectivity index (χ1v) is 6.02. The summed E-state index contributed by atoms with van der Waals surface area (Å²) in [4.78, 5) is 12.0. The molecule has 0 saturated heterocycles. The number of hydrazine groups is 1. The van der Waals surface area contributed by atoms with Crippen molar-refractivity contribution in [1.82, 2.24) is 9.78 Å². The van der Waals surface area contributed by atoms with Gasteiger partial charge in [0.2, 0.25) is 0 Å². The number of aromatic nitrogens is 2. The first-order valence-electron chi connectivity index (χ1n) is 6.02. The Morgan fingerprint density at radius 3 is 2.47 bits per heavy atom. The van der Waals surface area contributed by atoms with Gasteiger partial charge in [0.25, 0.3) is 5.91 Å². The maximum absolute atomic E-state index is 12.0. The van der Waals surface area contributed by atoms with Gasteiger partial charge in [0.05, 0.1) is 11.9 Å². The third-order valence-electron chi connectivity index (χ3n) is 2.70. The van der Waals surface area contributed by atoms with Crippen LogP contribution in [0.15, 0.2) is 36.7 Å². The zero-order valence-corrected chi connectivity index (χ0v) is 10.9. The summed E-state index contributed by atoms with van der Waals surface area (Å²) in [5.41, 5.74) is 4.51. The predicted octanol–water partition coefficient (Wildman–Crippen LogP) is 2.00. The summed E-state index contributed by atoms with van der Waals surface area (Å²) in [5.74, 6) is 5.09. The molecule has 0 aliphatic heterocycles. The van der Waals surface area contributed by atoms with Crippen molar-refractivity contribution < 1.29 is 4.79 Å². The van der Waals surface area contributed by atoms with Gasteiger partial charge >= 0.3 is 0 Å². The Labute approximate surface area is 111 Å². The fraction of sp³-hybridized carbons (Fsp3) is 0.231. The summed E-state index contributed by atoms with van der Waals surface area (Å²) in [5, 5.41) is 6.96. The van der Waals surface area contributed by atoms with Crippen LogP contribution in [-0.2, 0) is 0 Å². The molecule has 0 bridgehead atoms. The Morgan fingerprint density at radius 1 is 1.26 bits per heavy atom. The van der Waals surface area contributed by atoms with E-state index in [1.54, 1.807) is 41.3 Å². The molecule has 1 aromatic heterocycles. The molecule has 6 nitrogen and oxygen atoms in total. The Balaban J connectivity index is 2.06. The Morgan fingerprint density at radius 2 is 1.95 bits per heavy atom. The molecule has 0 unspecified atom stereocenters. The summed E-state index contributed by atoms with van der Waals surface area (Å²) in [7, 11) is 0. The average molecular weight is 259 g/mol. The number of nitrogen functional groups attached to an aromatic ring is 1. The number of carbonyl (C=O) groups is 1. The maximum Gasteiger partial charge on any atom is 0.255 e. The van der Waals surface area contributed by atoms with Crippen LogP contribution in [0.2, 0.25) is 0 Å². The zero-order chi connectivity index (χ0) is 13.8. The van der Waals surface area contributed by atoms with E-state index in [1.165, 1.54) is 0 Å². The fourth-order valence-electron chi connectivity index (χ4n) is 1.61. The van der Waals surface area contributed by atoms with Crippen LogP contribution in [0, 0.1) is 0 Å². The molecule has 0 atom stereocenters. The largest absolute Gasteiger partial charge is 0.324 e. The van der Waals surface area contributed by atoms with E-state index in [-0.39, 0.29) is 11.9 Å². The van der Waals surface area contributed by atoms with Crippen LogP contribution in [0.4, 0.5) is 11.4 Å². The zero-order valence-electron chi connectivity index (χ0n) is 10.9. The fourth-order valence-corrected chi connectivity index (χ4v) is 1.61. The highest BCUT2D eigenvalue weighted by Gasteiger charge is 2.08. The normalized spacial score (nSPS) is 10.5. The van der Waals surface area contributed by atoms with Crippen LogP contribution in [-0.4, -0.2) is 15.7 Å². The van der Waals surface area contributed by atoms with E-state index in [0.29, 0.717) is 11.3 Å². The van der Waals surface area contributed by atoms with Gasteiger partial charge in [-0.15, -0.1) is 0 Å². The van der Waals surface area contributed by atoms with Gasteiger partial charge in [-0.2, -0.15) is 5.10 Å². The van der Waals surface area contributed by atoms with Gasteiger partial charge < -0.3 is 10.7 Å². The summed E-state index contributed by atoms with van der Waals surface area (Å²) < 4.78 is 1.79. The van der Waals surface area contributed by atoms with Crippen LogP contribution in [0.25, 0.3) is 0 Å². The molecule has 6 heteroatoms. The van der Waals surface area contributed by atoms with Crippen molar-refractivity contribution in [2.75, 3.05) is 10.7 Å². The number of nitrogens with zero attached hydrogens (tertiary/aromatic N) is 2. The Hall–Kier alpha value is -2.34. The van der Waals surface area contributed by atoms with Crippen molar-refractivity contribution in [3.8, 4) is 0 Å². The minimum Gasteiger partial charge on any atom is -0.324 e. The molecule has 0 aliphatic carbocycles. The number of hydrogen-bond donors (Lipinski definition) is 3. The lowest BCUT2D eigenvalue weighted by molar-refractivity contribution is 0.102. The molecule has 1 amide bonds. The van der Waals surface area contributed by atoms with Crippen molar-refractivity contribution in [3.63, 3.8) is 0 Å². The van der Waals surface area contributed by atoms with E-state index in [4.69, 9.17) is 5.84 Å². The highest BCUT2D eigenvalue weighted by molar-refractivity contribution is 6.04. The molecule has 0 spiro atoms. The minimum atomic E-state index is -0.174. The molecule has 1 heterocycles. The van der Waals surface area contributed by atoms with Gasteiger partial charge in [-0.3, -0.25) is 15.3 Å². The van der Waals surface area contributed by atoms with E-state index >= 15 is 0 Å². The smallest absolute Gasteiger partial charge is 0.255 e. The van der Waals surface area contributed by atoms with E-state index in [1.807, 2.05) is 13.8 Å². The number of carbonyl (C=O) groups excluding carboxylic acids is 1. The Bertz CT molecular complexity index is 559. The monoisotopic (exact) mass is 259 g/mol. The van der Waals surface area contributed by atoms with E-state index in [9.17, 15) is 4.79 Å². The van der Waals surface area contributed by atoms with Crippen LogP contribution >= 0.6 is 0 Å². The quantitative estimate of drug-likeness (QED) is 0.579. The maximum atomic E-state index is 12.0. The van der Waals surface area contributed by atoms with Gasteiger partial charge in [0, 0.05) is 23.5 Å². The number of nitrogens with two attached hydrogens (primary N) is 1. The molecule has 100 valence electrons. The molecule has 2 aromatic rings. The Kier molecular flexibility index (Phi) is 3.82. The third-order valence-corrected chi connectivity index (χ3v) is 2.70. The van der Waals surface area contributed by atoms with Gasteiger partial charge in [-0.25, -0.2) is 0 Å². The van der Waals surface area contributed by atoms with Crippen molar-refractivity contribution in [1.29, 1.82) is 0 Å². The number of amides is 1. The molecule has 2 rings (SSSR count). The highest BCUT2D eigenvalue weighted by Crippen LogP contribution is 2.13. The van der Waals surface area contributed by atoms with Crippen LogP contribution in [0.5, 0.6) is 0 Å². The lowest BCUT2D eigenvalue weighted by Gasteiger charge is -2.05. The second kappa shape index (κ2) is 5.53. The van der Waals surface area contributed by atoms with Crippen molar-refractivity contribution in [3.05, 3.63) is 42.2 Å². The second-order valence-corrected chi connectivity index (χ2v) is 4.48. The number of hydrogen-bond acceptors (Lipinski definition) is 4. The highest BCUT2D eigenvalue weighted by atomic mass is 16.1. The lowest BCUT2D eigenvalue weighted by Crippen LogP contribution is -2.12. The van der Waals surface area contributed by atoms with Gasteiger partial charge in [0.15, 0.2) is 0 Å². The van der Waals surface area contributed by atoms with E-state index in [2.05, 4.69) is 15.8 Å². The van der Waals surface area contributed by atoms with Gasteiger partial charge in [-0.1, -0.05) is 0 Å². The molecule has 0 fully saturated rings. The van der Waals surface area contributed by atoms with Gasteiger partial charge in [-0.05, 0) is 38.1 Å². The molecular weight excluding hydrogens is 242 g/mol. The van der Waals surface area contributed by atoms with Crippen molar-refractivity contribution in [2.24, 2.45) is 5.84 Å². The summed E-state index contributed by atoms with van der Waals surface area (Å²) in [6, 6.07) is 7.16. The molecule has 0 aliphatic rings. The third kappa shape index (κ3) is 3.11. The lowest BCUT2D eigenvalue weighted by atomic mass is 10.2. The van der Waals surface area contributed by atoms with Gasteiger partial charge in [0.1, 0.15) is 0 Å². The number of benzene rings is 1. The van der Waals surface area contributed by atoms with E-state index in [0.717, 1.165) is 5.69 Å². The average Bonchev–Trinajstić information content (AvgIpc) is 2.87. The first-order chi connectivity index (χ1) is 9.10. The molecule has 0 saturated carbocycles. The molecular formula is C13H17N5O. The van der Waals surface area contributed by atoms with Crippen LogP contribution in [0.1, 0.15) is 30.2 Å². The second-order valence-electron chi connectivity index (χ2n) is 4.48. The van der Waals surface area contributed by atoms with E-state index < -0.39 is 0 Å². The molecule has 0 radical (unpaired) electrons. The van der Waals surface area contributed by atoms with Crippen LogP contribution < -0.4 is 16.6 Å². The molecule has 1 aromatic carbocycles. The topological polar surface area (TPSA) is 85.0 Å². The molecule has 4 N–H and O–H groups in total. The van der Waals surface area contributed by atoms with Crippen LogP contribution in [0.3, 0.4) is 0 Å². The summed E-state index contributed by atoms with van der Waals surface area (Å²) in [6.07, 6.45) is 3.44. The SMILES string of the molecule is CC(C)n1cc(NC(=O)c2ccc(NN)cc2)cn1. The first kappa shape index (κ1) is 13.1. The minimum absolute atomic E-state index is 0.174. The number of rotatable bonds is 4. The number of nitrogens with one attached hydrogen (secondary N) is 2. The standard InChI is InChI=1S/C13H17N5O/c1-9(2)18-8-12(7-15-18)16-13(19)10-3-5-11(17-14)6-4-10/h3-9,17H,14H2,1-2H3,(H,16,19). The summed E-state index contributed by atoms with van der Waals surface area (Å²) >= 11 is 0. The van der Waals surface area contributed by atoms with Crippen molar-refractivity contribution >= 4 is 17.3 Å². The summed E-state index contributed by atoms with van der Waals surface area (Å²) in [6.45, 7) is 4.05. The predicted molar refractivity (Wildman–Crippen MR) is 74.8 cm³/mol.